The largest absolute Gasteiger partial charge is 0.497 e. The average molecular weight is 476 g/mol. The minimum absolute atomic E-state index is 0.0468. The summed E-state index contributed by atoms with van der Waals surface area (Å²) < 4.78 is 17.1. The maximum absolute atomic E-state index is 12.7. The van der Waals surface area contributed by atoms with Gasteiger partial charge in [0.25, 0.3) is 0 Å². The molecule has 0 aliphatic carbocycles. The molecule has 0 amide bonds. The highest BCUT2D eigenvalue weighted by Gasteiger charge is 2.19. The molecule has 0 radical (unpaired) electrons. The van der Waals surface area contributed by atoms with Crippen LogP contribution in [-0.2, 0) is 17.6 Å². The molecule has 0 fully saturated rings. The molecular formula is C29H33NO5. The number of ketones is 1. The summed E-state index contributed by atoms with van der Waals surface area (Å²) in [6, 6.07) is 22.5. The SMILES string of the molecule is COc1ccc(CCc2ccccc2OC[C@H](CN(C)C)OC(=O)c2ccc(C(C)=O)cc2)cc1. The third-order valence-corrected chi connectivity index (χ3v) is 5.61. The van der Waals surface area contributed by atoms with Gasteiger partial charge in [-0.25, -0.2) is 4.79 Å². The zero-order valence-electron chi connectivity index (χ0n) is 20.8. The number of hydrogen-bond acceptors (Lipinski definition) is 6. The van der Waals surface area contributed by atoms with Crippen LogP contribution in [0.25, 0.3) is 0 Å². The van der Waals surface area contributed by atoms with Crippen LogP contribution in [0.5, 0.6) is 11.5 Å². The zero-order valence-corrected chi connectivity index (χ0v) is 20.8. The Morgan fingerprint density at radius 1 is 0.857 bits per heavy atom. The van der Waals surface area contributed by atoms with E-state index in [9.17, 15) is 9.59 Å². The lowest BCUT2D eigenvalue weighted by Gasteiger charge is -2.22. The number of carbonyl (C=O) groups is 2. The van der Waals surface area contributed by atoms with Gasteiger partial charge in [0, 0.05) is 12.1 Å². The summed E-state index contributed by atoms with van der Waals surface area (Å²) in [5, 5.41) is 0. The molecule has 0 spiro atoms. The van der Waals surface area contributed by atoms with Gasteiger partial charge in [-0.3, -0.25) is 4.79 Å². The molecule has 1 atom stereocenters. The van der Waals surface area contributed by atoms with Gasteiger partial charge in [-0.2, -0.15) is 0 Å². The van der Waals surface area contributed by atoms with E-state index in [1.54, 1.807) is 31.4 Å². The second-order valence-corrected chi connectivity index (χ2v) is 8.69. The molecule has 6 heteroatoms. The molecular weight excluding hydrogens is 442 g/mol. The van der Waals surface area contributed by atoms with Crippen LogP contribution in [0, 0.1) is 0 Å². The number of hydrogen-bond donors (Lipinski definition) is 0. The van der Waals surface area contributed by atoms with Gasteiger partial charge < -0.3 is 19.1 Å². The quantitative estimate of drug-likeness (QED) is 0.276. The number of likely N-dealkylation sites (N-methyl/N-ethyl adjacent to an activating group) is 1. The van der Waals surface area contributed by atoms with Crippen molar-refractivity contribution < 1.29 is 23.8 Å². The molecule has 0 aliphatic heterocycles. The lowest BCUT2D eigenvalue weighted by Crippen LogP contribution is -2.35. The lowest BCUT2D eigenvalue weighted by molar-refractivity contribution is 0.0103. The summed E-state index contributed by atoms with van der Waals surface area (Å²) in [4.78, 5) is 26.1. The number of para-hydroxylation sites is 1. The molecule has 3 rings (SSSR count). The number of aryl methyl sites for hydroxylation is 2. The van der Waals surface area contributed by atoms with Gasteiger partial charge in [-0.1, -0.05) is 42.5 Å². The fraction of sp³-hybridized carbons (Fsp3) is 0.310. The number of nitrogens with zero attached hydrogens (tertiary/aromatic N) is 1. The van der Waals surface area contributed by atoms with Crippen molar-refractivity contribution in [1.29, 1.82) is 0 Å². The Labute approximate surface area is 207 Å². The van der Waals surface area contributed by atoms with Gasteiger partial charge in [0.15, 0.2) is 5.78 Å². The fourth-order valence-electron chi connectivity index (χ4n) is 3.70. The summed E-state index contributed by atoms with van der Waals surface area (Å²) in [5.41, 5.74) is 3.27. The first-order chi connectivity index (χ1) is 16.9. The zero-order chi connectivity index (χ0) is 25.2. The first-order valence-corrected chi connectivity index (χ1v) is 11.7. The Morgan fingerprint density at radius 2 is 1.51 bits per heavy atom. The van der Waals surface area contributed by atoms with Gasteiger partial charge in [0.2, 0.25) is 0 Å². The van der Waals surface area contributed by atoms with E-state index in [1.165, 1.54) is 12.5 Å². The van der Waals surface area contributed by atoms with Crippen molar-refractivity contribution in [3.05, 3.63) is 95.1 Å². The first-order valence-electron chi connectivity index (χ1n) is 11.7. The summed E-state index contributed by atoms with van der Waals surface area (Å²) in [7, 11) is 5.50. The highest BCUT2D eigenvalue weighted by atomic mass is 16.6. The van der Waals surface area contributed by atoms with Crippen LogP contribution in [-0.4, -0.2) is 57.1 Å². The summed E-state index contributed by atoms with van der Waals surface area (Å²) >= 11 is 0. The van der Waals surface area contributed by atoms with E-state index in [-0.39, 0.29) is 12.4 Å². The molecule has 0 bridgehead atoms. The van der Waals surface area contributed by atoms with Crippen LogP contribution in [0.1, 0.15) is 38.8 Å². The molecule has 0 unspecified atom stereocenters. The van der Waals surface area contributed by atoms with Crippen LogP contribution in [0.2, 0.25) is 0 Å². The van der Waals surface area contributed by atoms with Crippen molar-refractivity contribution in [2.75, 3.05) is 34.4 Å². The predicted molar refractivity (Wildman–Crippen MR) is 137 cm³/mol. The minimum Gasteiger partial charge on any atom is -0.497 e. The van der Waals surface area contributed by atoms with E-state index < -0.39 is 12.1 Å². The first kappa shape index (κ1) is 26.0. The van der Waals surface area contributed by atoms with E-state index in [0.29, 0.717) is 17.7 Å². The van der Waals surface area contributed by atoms with E-state index in [1.807, 2.05) is 49.3 Å². The van der Waals surface area contributed by atoms with Crippen LogP contribution < -0.4 is 9.47 Å². The highest BCUT2D eigenvalue weighted by molar-refractivity contribution is 5.96. The molecule has 0 aliphatic rings. The van der Waals surface area contributed by atoms with Crippen molar-refractivity contribution in [1.82, 2.24) is 4.90 Å². The van der Waals surface area contributed by atoms with Crippen molar-refractivity contribution in [3.8, 4) is 11.5 Å². The van der Waals surface area contributed by atoms with Gasteiger partial charge >= 0.3 is 5.97 Å². The number of benzene rings is 3. The number of rotatable bonds is 12. The molecule has 0 heterocycles. The number of ether oxygens (including phenoxy) is 3. The molecule has 0 N–H and O–H groups in total. The molecule has 0 saturated carbocycles. The maximum Gasteiger partial charge on any atom is 0.338 e. The normalized spacial score (nSPS) is 11.7. The van der Waals surface area contributed by atoms with Crippen LogP contribution >= 0.6 is 0 Å². The number of Topliss-reactive ketones (excluding diaryl/α,β-unsaturated/α-hetero) is 1. The Morgan fingerprint density at radius 3 is 2.14 bits per heavy atom. The van der Waals surface area contributed by atoms with Crippen molar-refractivity contribution in [3.63, 3.8) is 0 Å². The van der Waals surface area contributed by atoms with Crippen LogP contribution in [0.15, 0.2) is 72.8 Å². The molecule has 0 aromatic heterocycles. The molecule has 6 nitrogen and oxygen atoms in total. The number of methoxy groups -OCH3 is 1. The molecule has 0 saturated heterocycles. The predicted octanol–water partition coefficient (Wildman–Crippen LogP) is 4.85. The topological polar surface area (TPSA) is 65.1 Å². The Hall–Kier alpha value is -3.64. The minimum atomic E-state index is -0.459. The molecule has 35 heavy (non-hydrogen) atoms. The van der Waals surface area contributed by atoms with Crippen molar-refractivity contribution in [2.24, 2.45) is 0 Å². The summed E-state index contributed by atoms with van der Waals surface area (Å²) in [5.74, 6) is 1.14. The van der Waals surface area contributed by atoms with Crippen LogP contribution in [0.3, 0.4) is 0 Å². The van der Waals surface area contributed by atoms with E-state index in [0.717, 1.165) is 29.9 Å². The second-order valence-electron chi connectivity index (χ2n) is 8.69. The maximum atomic E-state index is 12.7. The number of carbonyl (C=O) groups excluding carboxylic acids is 2. The van der Waals surface area contributed by atoms with E-state index >= 15 is 0 Å². The van der Waals surface area contributed by atoms with Crippen molar-refractivity contribution in [2.45, 2.75) is 25.9 Å². The van der Waals surface area contributed by atoms with Gasteiger partial charge in [-0.15, -0.1) is 0 Å². The summed E-state index contributed by atoms with van der Waals surface area (Å²) in [6.45, 7) is 2.24. The highest BCUT2D eigenvalue weighted by Crippen LogP contribution is 2.22. The van der Waals surface area contributed by atoms with Gasteiger partial charge in [-0.05, 0) is 75.3 Å². The second kappa shape index (κ2) is 12.7. The lowest BCUT2D eigenvalue weighted by atomic mass is 10.0. The fourth-order valence-corrected chi connectivity index (χ4v) is 3.70. The standard InChI is InChI=1S/C29H33NO5/c1-21(31)23-13-15-25(16-14-23)29(32)35-27(19-30(2)3)20-34-28-8-6-5-7-24(28)12-9-22-10-17-26(33-4)18-11-22/h5-8,10-11,13-18,27H,9,12,19-20H2,1-4H3/t27-/m0/s1. The van der Waals surface area contributed by atoms with E-state index in [4.69, 9.17) is 14.2 Å². The van der Waals surface area contributed by atoms with Gasteiger partial charge in [0.05, 0.1) is 12.7 Å². The monoisotopic (exact) mass is 475 g/mol. The van der Waals surface area contributed by atoms with Crippen molar-refractivity contribution >= 4 is 11.8 Å². The van der Waals surface area contributed by atoms with Gasteiger partial charge in [0.1, 0.15) is 24.2 Å². The molecule has 184 valence electrons. The molecule has 3 aromatic rings. The van der Waals surface area contributed by atoms with Crippen LogP contribution in [0.4, 0.5) is 0 Å². The Balaban J connectivity index is 1.63. The molecule has 3 aromatic carbocycles. The smallest absolute Gasteiger partial charge is 0.338 e. The number of esters is 1. The third-order valence-electron chi connectivity index (χ3n) is 5.61. The third kappa shape index (κ3) is 7.97. The Kier molecular flexibility index (Phi) is 9.44. The van der Waals surface area contributed by atoms with E-state index in [2.05, 4.69) is 18.2 Å². The summed E-state index contributed by atoms with van der Waals surface area (Å²) in [6.07, 6.45) is 1.24. The Bertz CT molecular complexity index is 1110. The average Bonchev–Trinajstić information content (AvgIpc) is 2.86.